The molecule has 152 valence electrons. The Morgan fingerprint density at radius 1 is 1.10 bits per heavy atom. The van der Waals surface area contributed by atoms with E-state index in [1.54, 1.807) is 24.5 Å². The molecule has 0 aliphatic carbocycles. The van der Waals surface area contributed by atoms with Crippen LogP contribution in [0.5, 0.6) is 0 Å². The zero-order valence-corrected chi connectivity index (χ0v) is 16.9. The highest BCUT2D eigenvalue weighted by Gasteiger charge is 2.22. The van der Waals surface area contributed by atoms with E-state index in [1.807, 2.05) is 24.4 Å². The zero-order valence-electron chi connectivity index (χ0n) is 16.9. The molecule has 1 amide bonds. The number of aromatic nitrogens is 2. The van der Waals surface area contributed by atoms with Crippen LogP contribution in [0.15, 0.2) is 73.2 Å². The number of para-hydroxylation sites is 1. The van der Waals surface area contributed by atoms with Gasteiger partial charge < -0.3 is 10.3 Å². The number of H-pyrrole nitrogens is 1. The summed E-state index contributed by atoms with van der Waals surface area (Å²) in [6, 6.07) is 16.4. The number of nitrogens with zero attached hydrogens (tertiary/aromatic N) is 1. The van der Waals surface area contributed by atoms with Crippen LogP contribution in [0.4, 0.5) is 4.39 Å². The van der Waals surface area contributed by atoms with Gasteiger partial charge in [-0.05, 0) is 52.9 Å². The van der Waals surface area contributed by atoms with Crippen molar-refractivity contribution in [2.24, 2.45) is 0 Å². The lowest BCUT2D eigenvalue weighted by Gasteiger charge is -2.17. The number of benzene rings is 2. The van der Waals surface area contributed by atoms with Crippen LogP contribution in [0.3, 0.4) is 0 Å². The molecule has 2 aromatic carbocycles. The van der Waals surface area contributed by atoms with E-state index in [9.17, 15) is 9.18 Å². The summed E-state index contributed by atoms with van der Waals surface area (Å²) in [6.07, 6.45) is 6.60. The van der Waals surface area contributed by atoms with Crippen molar-refractivity contribution < 1.29 is 9.18 Å². The predicted molar refractivity (Wildman–Crippen MR) is 117 cm³/mol. The fraction of sp³-hybridized carbons (Fsp3) is 0.200. The van der Waals surface area contributed by atoms with Crippen LogP contribution in [0.25, 0.3) is 10.9 Å². The number of halogens is 1. The summed E-state index contributed by atoms with van der Waals surface area (Å²) in [5.74, 6) is -0.516. The third-order valence-corrected chi connectivity index (χ3v) is 5.49. The molecule has 0 aliphatic heterocycles. The standard InChI is InChI=1S/C25H24FN3O/c1-2-18-4-3-5-21-23(16-29-25(18)21)22(19-6-8-20(26)9-7-19)14-24(30)28-15-17-10-12-27-13-11-17/h3-13,16,22,29H,2,14-15H2,1H3,(H,28,30)/t22-/m1/s1. The highest BCUT2D eigenvalue weighted by atomic mass is 19.1. The maximum atomic E-state index is 13.5. The Balaban J connectivity index is 1.64. The Labute approximate surface area is 175 Å². The SMILES string of the molecule is CCc1cccc2c([C@H](CC(=O)NCc3ccncc3)c3ccc(F)cc3)c[nH]c12. The van der Waals surface area contributed by atoms with Crippen molar-refractivity contribution in [3.05, 3.63) is 101 Å². The van der Waals surface area contributed by atoms with Gasteiger partial charge in [0.15, 0.2) is 0 Å². The average Bonchev–Trinajstić information content (AvgIpc) is 3.21. The molecule has 0 bridgehead atoms. The number of carbonyl (C=O) groups is 1. The minimum Gasteiger partial charge on any atom is -0.361 e. The van der Waals surface area contributed by atoms with Crippen molar-refractivity contribution in [2.75, 3.05) is 0 Å². The summed E-state index contributed by atoms with van der Waals surface area (Å²) in [5, 5.41) is 4.09. The van der Waals surface area contributed by atoms with E-state index in [0.717, 1.165) is 34.0 Å². The lowest BCUT2D eigenvalue weighted by atomic mass is 9.87. The third-order valence-electron chi connectivity index (χ3n) is 5.49. The van der Waals surface area contributed by atoms with Gasteiger partial charge in [-0.15, -0.1) is 0 Å². The first kappa shape index (κ1) is 19.8. The van der Waals surface area contributed by atoms with Crippen LogP contribution in [0.2, 0.25) is 0 Å². The molecular formula is C25H24FN3O. The van der Waals surface area contributed by atoms with Crippen molar-refractivity contribution in [1.29, 1.82) is 0 Å². The highest BCUT2D eigenvalue weighted by molar-refractivity contribution is 5.88. The molecule has 4 rings (SSSR count). The lowest BCUT2D eigenvalue weighted by Crippen LogP contribution is -2.25. The number of hydrogen-bond acceptors (Lipinski definition) is 2. The molecule has 0 aliphatic rings. The normalized spacial score (nSPS) is 12.1. The molecule has 0 spiro atoms. The Morgan fingerprint density at radius 2 is 1.87 bits per heavy atom. The van der Waals surface area contributed by atoms with E-state index in [1.165, 1.54) is 17.7 Å². The van der Waals surface area contributed by atoms with Crippen molar-refractivity contribution in [2.45, 2.75) is 32.2 Å². The number of nitrogens with one attached hydrogen (secondary N) is 2. The van der Waals surface area contributed by atoms with Crippen LogP contribution in [0.1, 0.15) is 41.5 Å². The van der Waals surface area contributed by atoms with Gasteiger partial charge in [0.25, 0.3) is 0 Å². The predicted octanol–water partition coefficient (Wildman–Crippen LogP) is 5.10. The molecule has 2 aromatic heterocycles. The number of fused-ring (bicyclic) bond motifs is 1. The number of aromatic amines is 1. The minimum atomic E-state index is -0.285. The second-order valence-corrected chi connectivity index (χ2v) is 7.38. The minimum absolute atomic E-state index is 0.0536. The molecule has 0 radical (unpaired) electrons. The molecule has 4 nitrogen and oxygen atoms in total. The largest absolute Gasteiger partial charge is 0.361 e. The molecule has 5 heteroatoms. The Bertz CT molecular complexity index is 1140. The van der Waals surface area contributed by atoms with Crippen molar-refractivity contribution >= 4 is 16.8 Å². The van der Waals surface area contributed by atoms with Gasteiger partial charge in [0.2, 0.25) is 5.91 Å². The first-order valence-corrected chi connectivity index (χ1v) is 10.2. The monoisotopic (exact) mass is 401 g/mol. The molecule has 4 aromatic rings. The van der Waals surface area contributed by atoms with Crippen molar-refractivity contribution in [1.82, 2.24) is 15.3 Å². The van der Waals surface area contributed by atoms with Gasteiger partial charge in [-0.2, -0.15) is 0 Å². The van der Waals surface area contributed by atoms with Gasteiger partial charge in [-0.25, -0.2) is 4.39 Å². The molecule has 0 unspecified atom stereocenters. The lowest BCUT2D eigenvalue weighted by molar-refractivity contribution is -0.121. The van der Waals surface area contributed by atoms with Crippen LogP contribution in [0, 0.1) is 5.82 Å². The van der Waals surface area contributed by atoms with Gasteiger partial charge in [0.1, 0.15) is 5.82 Å². The van der Waals surface area contributed by atoms with E-state index in [0.29, 0.717) is 6.54 Å². The highest BCUT2D eigenvalue weighted by Crippen LogP contribution is 2.34. The number of hydrogen-bond donors (Lipinski definition) is 2. The van der Waals surface area contributed by atoms with Crippen LogP contribution in [-0.4, -0.2) is 15.9 Å². The second kappa shape index (κ2) is 8.91. The summed E-state index contributed by atoms with van der Waals surface area (Å²) >= 11 is 0. The van der Waals surface area contributed by atoms with E-state index >= 15 is 0 Å². The van der Waals surface area contributed by atoms with Crippen molar-refractivity contribution in [3.8, 4) is 0 Å². The van der Waals surface area contributed by atoms with Crippen LogP contribution >= 0.6 is 0 Å². The summed E-state index contributed by atoms with van der Waals surface area (Å²) < 4.78 is 13.5. The zero-order chi connectivity index (χ0) is 20.9. The maximum Gasteiger partial charge on any atom is 0.221 e. The molecule has 0 fully saturated rings. The number of aryl methyl sites for hydroxylation is 1. The molecule has 2 N–H and O–H groups in total. The first-order chi connectivity index (χ1) is 14.7. The molecule has 0 saturated heterocycles. The molecule has 1 atom stereocenters. The smallest absolute Gasteiger partial charge is 0.221 e. The van der Waals surface area contributed by atoms with Crippen molar-refractivity contribution in [3.63, 3.8) is 0 Å². The molecule has 0 saturated carbocycles. The summed E-state index contributed by atoms with van der Waals surface area (Å²) in [7, 11) is 0. The van der Waals surface area contributed by atoms with Crippen LogP contribution in [-0.2, 0) is 17.8 Å². The number of carbonyl (C=O) groups excluding carboxylic acids is 1. The quantitative estimate of drug-likeness (QED) is 0.452. The Morgan fingerprint density at radius 3 is 2.60 bits per heavy atom. The fourth-order valence-electron chi connectivity index (χ4n) is 3.88. The van der Waals surface area contributed by atoms with Gasteiger partial charge in [0, 0.05) is 48.4 Å². The average molecular weight is 401 g/mol. The van der Waals surface area contributed by atoms with E-state index in [-0.39, 0.29) is 24.1 Å². The van der Waals surface area contributed by atoms with Gasteiger partial charge >= 0.3 is 0 Å². The van der Waals surface area contributed by atoms with Gasteiger partial charge in [-0.3, -0.25) is 9.78 Å². The first-order valence-electron chi connectivity index (χ1n) is 10.2. The van der Waals surface area contributed by atoms with E-state index < -0.39 is 0 Å². The molecule has 2 heterocycles. The van der Waals surface area contributed by atoms with E-state index in [2.05, 4.69) is 34.3 Å². The van der Waals surface area contributed by atoms with Gasteiger partial charge in [0.05, 0.1) is 0 Å². The third kappa shape index (κ3) is 4.25. The second-order valence-electron chi connectivity index (χ2n) is 7.38. The number of amides is 1. The summed E-state index contributed by atoms with van der Waals surface area (Å²) in [5.41, 5.74) is 5.29. The number of pyridine rings is 1. The van der Waals surface area contributed by atoms with Crippen LogP contribution < -0.4 is 5.32 Å². The summed E-state index contributed by atoms with van der Waals surface area (Å²) in [4.78, 5) is 20.2. The topological polar surface area (TPSA) is 57.8 Å². The molecular weight excluding hydrogens is 377 g/mol. The number of rotatable bonds is 7. The molecule has 30 heavy (non-hydrogen) atoms. The summed E-state index contributed by atoms with van der Waals surface area (Å²) in [6.45, 7) is 2.57. The maximum absolute atomic E-state index is 13.5. The van der Waals surface area contributed by atoms with E-state index in [4.69, 9.17) is 0 Å². The Kier molecular flexibility index (Phi) is 5.89. The van der Waals surface area contributed by atoms with Gasteiger partial charge in [-0.1, -0.05) is 37.3 Å². The fourth-order valence-corrected chi connectivity index (χ4v) is 3.88. The Hall–Kier alpha value is -3.47.